The zero-order valence-electron chi connectivity index (χ0n) is 14.0. The van der Waals surface area contributed by atoms with Gasteiger partial charge in [-0.15, -0.1) is 5.10 Å². The van der Waals surface area contributed by atoms with E-state index < -0.39 is 0 Å². The second-order valence-electron chi connectivity index (χ2n) is 6.36. The fourth-order valence-electron chi connectivity index (χ4n) is 3.26. The van der Waals surface area contributed by atoms with E-state index >= 15 is 0 Å². The maximum atomic E-state index is 9.08. The summed E-state index contributed by atoms with van der Waals surface area (Å²) in [7, 11) is 0. The summed E-state index contributed by atoms with van der Waals surface area (Å²) >= 11 is 0. The van der Waals surface area contributed by atoms with Gasteiger partial charge in [0.15, 0.2) is 0 Å². The molecule has 1 aliphatic rings. The molecular formula is C18H21N5O2. The number of aliphatic hydroxyl groups is 1. The second kappa shape index (κ2) is 7.16. The Labute approximate surface area is 145 Å². The highest BCUT2D eigenvalue weighted by atomic mass is 16.4. The molecule has 1 fully saturated rings. The molecule has 0 bridgehead atoms. The number of piperidine rings is 1. The second-order valence-corrected chi connectivity index (χ2v) is 6.36. The van der Waals surface area contributed by atoms with Gasteiger partial charge in [0, 0.05) is 31.0 Å². The lowest BCUT2D eigenvalue weighted by Crippen LogP contribution is -2.34. The summed E-state index contributed by atoms with van der Waals surface area (Å²) in [6, 6.07) is 8.04. The van der Waals surface area contributed by atoms with Gasteiger partial charge in [-0.25, -0.2) is 4.68 Å². The summed E-state index contributed by atoms with van der Waals surface area (Å²) in [5.74, 6) is 1.53. The van der Waals surface area contributed by atoms with E-state index in [-0.39, 0.29) is 6.61 Å². The van der Waals surface area contributed by atoms with Crippen molar-refractivity contribution in [2.24, 2.45) is 0 Å². The predicted molar refractivity (Wildman–Crippen MR) is 91.4 cm³/mol. The summed E-state index contributed by atoms with van der Waals surface area (Å²) in [5, 5.41) is 17.7. The minimum Gasteiger partial charge on any atom is -0.462 e. The molecule has 0 atom stereocenters. The smallest absolute Gasteiger partial charge is 0.129 e. The number of pyridine rings is 1. The van der Waals surface area contributed by atoms with Crippen LogP contribution in [0, 0.1) is 0 Å². The first-order valence-electron chi connectivity index (χ1n) is 8.55. The van der Waals surface area contributed by atoms with Gasteiger partial charge in [-0.2, -0.15) is 0 Å². The third kappa shape index (κ3) is 3.62. The number of likely N-dealkylation sites (tertiary alicyclic amines) is 1. The van der Waals surface area contributed by atoms with Crippen molar-refractivity contribution < 1.29 is 9.52 Å². The number of hydrogen-bond acceptors (Lipinski definition) is 6. The minimum atomic E-state index is -0.0480. The average molecular weight is 339 g/mol. The average Bonchev–Trinajstić information content (AvgIpc) is 3.33. The summed E-state index contributed by atoms with van der Waals surface area (Å²) in [6.07, 6.45) is 7.64. The molecule has 3 aromatic heterocycles. The lowest BCUT2D eigenvalue weighted by molar-refractivity contribution is 0.158. The molecule has 0 spiro atoms. The van der Waals surface area contributed by atoms with Crippen LogP contribution in [0.15, 0.2) is 47.3 Å². The topological polar surface area (TPSA) is 80.2 Å². The third-order valence-corrected chi connectivity index (χ3v) is 4.65. The highest BCUT2D eigenvalue weighted by molar-refractivity contribution is 5.55. The van der Waals surface area contributed by atoms with Crippen LogP contribution in [0.1, 0.15) is 30.4 Å². The first-order chi connectivity index (χ1) is 12.3. The van der Waals surface area contributed by atoms with Crippen LogP contribution in [-0.2, 0) is 13.2 Å². The third-order valence-electron chi connectivity index (χ3n) is 4.65. The maximum absolute atomic E-state index is 9.08. The highest BCUT2D eigenvalue weighted by Crippen LogP contribution is 2.25. The van der Waals surface area contributed by atoms with Gasteiger partial charge in [0.25, 0.3) is 0 Å². The molecule has 1 aliphatic heterocycles. The van der Waals surface area contributed by atoms with E-state index in [9.17, 15) is 0 Å². The van der Waals surface area contributed by atoms with Crippen LogP contribution >= 0.6 is 0 Å². The zero-order valence-corrected chi connectivity index (χ0v) is 14.0. The standard InChI is InChI=1S/C18H21N5O2/c24-13-17-4-3-16(25-17)11-22-8-5-15(6-9-22)23-12-18(20-21-23)14-2-1-7-19-10-14/h1-4,7,10,12,15,24H,5-6,8-9,11,13H2. The molecule has 7 nitrogen and oxygen atoms in total. The summed E-state index contributed by atoms with van der Waals surface area (Å²) in [5.41, 5.74) is 1.85. The number of hydrogen-bond donors (Lipinski definition) is 1. The van der Waals surface area contributed by atoms with Crippen molar-refractivity contribution in [1.29, 1.82) is 0 Å². The number of nitrogens with zero attached hydrogens (tertiary/aromatic N) is 5. The van der Waals surface area contributed by atoms with E-state index in [1.807, 2.05) is 35.1 Å². The molecule has 0 amide bonds. The van der Waals surface area contributed by atoms with Gasteiger partial charge in [0.2, 0.25) is 0 Å². The van der Waals surface area contributed by atoms with Crippen LogP contribution < -0.4 is 0 Å². The van der Waals surface area contributed by atoms with Crippen molar-refractivity contribution in [3.63, 3.8) is 0 Å². The molecule has 0 aromatic carbocycles. The molecule has 4 heterocycles. The monoisotopic (exact) mass is 339 g/mol. The predicted octanol–water partition coefficient (Wildman–Crippen LogP) is 2.26. The first-order valence-corrected chi connectivity index (χ1v) is 8.55. The summed E-state index contributed by atoms with van der Waals surface area (Å²) < 4.78 is 7.56. The van der Waals surface area contributed by atoms with Gasteiger partial charge in [0.1, 0.15) is 23.8 Å². The normalized spacial score (nSPS) is 16.4. The number of rotatable bonds is 5. The molecule has 0 aliphatic carbocycles. The van der Waals surface area contributed by atoms with Crippen LogP contribution in [-0.4, -0.2) is 43.1 Å². The van der Waals surface area contributed by atoms with E-state index in [4.69, 9.17) is 9.52 Å². The summed E-state index contributed by atoms with van der Waals surface area (Å²) in [4.78, 5) is 6.50. The van der Waals surface area contributed by atoms with Crippen LogP contribution in [0.4, 0.5) is 0 Å². The molecule has 1 N–H and O–H groups in total. The van der Waals surface area contributed by atoms with Crippen LogP contribution in [0.2, 0.25) is 0 Å². The van der Waals surface area contributed by atoms with E-state index in [0.29, 0.717) is 11.8 Å². The van der Waals surface area contributed by atoms with E-state index in [0.717, 1.165) is 49.5 Å². The molecular weight excluding hydrogens is 318 g/mol. The molecule has 3 aromatic rings. The largest absolute Gasteiger partial charge is 0.462 e. The van der Waals surface area contributed by atoms with Crippen LogP contribution in [0.3, 0.4) is 0 Å². The lowest BCUT2D eigenvalue weighted by atomic mass is 10.1. The molecule has 0 unspecified atom stereocenters. The molecule has 0 saturated carbocycles. The Kier molecular flexibility index (Phi) is 4.58. The number of furan rings is 1. The maximum Gasteiger partial charge on any atom is 0.129 e. The van der Waals surface area contributed by atoms with Crippen molar-refractivity contribution in [3.8, 4) is 11.3 Å². The van der Waals surface area contributed by atoms with Gasteiger partial charge in [-0.3, -0.25) is 9.88 Å². The van der Waals surface area contributed by atoms with Crippen molar-refractivity contribution in [3.05, 3.63) is 54.4 Å². The Morgan fingerprint density at radius 2 is 2.00 bits per heavy atom. The van der Waals surface area contributed by atoms with Gasteiger partial charge < -0.3 is 9.52 Å². The Hall–Kier alpha value is -2.51. The fourth-order valence-corrected chi connectivity index (χ4v) is 3.26. The quantitative estimate of drug-likeness (QED) is 0.768. The molecule has 0 radical (unpaired) electrons. The zero-order chi connectivity index (χ0) is 17.1. The minimum absolute atomic E-state index is 0.0480. The Morgan fingerprint density at radius 3 is 2.72 bits per heavy atom. The van der Waals surface area contributed by atoms with Gasteiger partial charge >= 0.3 is 0 Å². The molecule has 7 heteroatoms. The van der Waals surface area contributed by atoms with Gasteiger partial charge in [-0.05, 0) is 37.1 Å². The Morgan fingerprint density at radius 1 is 1.16 bits per heavy atom. The van der Waals surface area contributed by atoms with Crippen molar-refractivity contribution >= 4 is 0 Å². The van der Waals surface area contributed by atoms with Crippen molar-refractivity contribution in [1.82, 2.24) is 24.9 Å². The fraction of sp³-hybridized carbons (Fsp3) is 0.389. The van der Waals surface area contributed by atoms with E-state index in [1.54, 1.807) is 12.4 Å². The highest BCUT2D eigenvalue weighted by Gasteiger charge is 2.22. The molecule has 4 rings (SSSR count). The molecule has 1 saturated heterocycles. The van der Waals surface area contributed by atoms with Crippen molar-refractivity contribution in [2.75, 3.05) is 13.1 Å². The van der Waals surface area contributed by atoms with E-state index in [1.165, 1.54) is 0 Å². The van der Waals surface area contributed by atoms with Crippen molar-refractivity contribution in [2.45, 2.75) is 32.0 Å². The van der Waals surface area contributed by atoms with E-state index in [2.05, 4.69) is 20.2 Å². The molecule has 130 valence electrons. The summed E-state index contributed by atoms with van der Waals surface area (Å²) in [6.45, 7) is 2.71. The van der Waals surface area contributed by atoms with Gasteiger partial charge in [-0.1, -0.05) is 5.21 Å². The Bertz CT molecular complexity index is 806. The lowest BCUT2D eigenvalue weighted by Gasteiger charge is -2.31. The number of aromatic nitrogens is 4. The van der Waals surface area contributed by atoms with Gasteiger partial charge in [0.05, 0.1) is 18.8 Å². The first kappa shape index (κ1) is 16.0. The number of aliphatic hydroxyl groups excluding tert-OH is 1. The SMILES string of the molecule is OCc1ccc(CN2CCC(n3cc(-c4cccnc4)nn3)CC2)o1. The Balaban J connectivity index is 1.35. The van der Waals surface area contributed by atoms with Crippen LogP contribution in [0.5, 0.6) is 0 Å². The van der Waals surface area contributed by atoms with Crippen LogP contribution in [0.25, 0.3) is 11.3 Å². The molecule has 25 heavy (non-hydrogen) atoms.